The van der Waals surface area contributed by atoms with Crippen LogP contribution in [-0.4, -0.2) is 29.2 Å². The summed E-state index contributed by atoms with van der Waals surface area (Å²) < 4.78 is 24.5. The SMILES string of the molecule is CCOC(=O)c1sc(N2N=C(C)C(=Cc3ccc(OCc4ccccc4F)cc3)C2=O)nc1C. The molecule has 7 nitrogen and oxygen atoms in total. The number of carbonyl (C=O) groups is 2. The van der Waals surface area contributed by atoms with E-state index in [0.717, 1.165) is 16.9 Å². The smallest absolute Gasteiger partial charge is 0.350 e. The van der Waals surface area contributed by atoms with E-state index in [1.165, 1.54) is 11.1 Å². The van der Waals surface area contributed by atoms with Crippen molar-refractivity contribution < 1.29 is 23.5 Å². The molecule has 3 aromatic rings. The Bertz CT molecular complexity index is 1300. The zero-order chi connectivity index (χ0) is 24.2. The van der Waals surface area contributed by atoms with E-state index in [1.54, 1.807) is 69.3 Å². The molecule has 174 valence electrons. The zero-order valence-electron chi connectivity index (χ0n) is 18.9. The van der Waals surface area contributed by atoms with Crippen LogP contribution in [0.15, 0.2) is 59.2 Å². The van der Waals surface area contributed by atoms with Gasteiger partial charge >= 0.3 is 5.97 Å². The molecule has 0 unspecified atom stereocenters. The molecule has 4 rings (SSSR count). The second-order valence-electron chi connectivity index (χ2n) is 7.44. The first-order chi connectivity index (χ1) is 16.4. The molecular formula is C25H22FN3O4S. The highest BCUT2D eigenvalue weighted by Gasteiger charge is 2.32. The fourth-order valence-electron chi connectivity index (χ4n) is 3.28. The predicted molar refractivity (Wildman–Crippen MR) is 129 cm³/mol. The van der Waals surface area contributed by atoms with Crippen LogP contribution in [0.1, 0.15) is 40.3 Å². The lowest BCUT2D eigenvalue weighted by Gasteiger charge is -2.08. The molecule has 0 fully saturated rings. The number of hydrogen-bond acceptors (Lipinski definition) is 7. The van der Waals surface area contributed by atoms with E-state index in [-0.39, 0.29) is 24.9 Å². The minimum atomic E-state index is -0.468. The van der Waals surface area contributed by atoms with Crippen LogP contribution in [0.4, 0.5) is 9.52 Å². The first kappa shape index (κ1) is 23.3. The van der Waals surface area contributed by atoms with Crippen LogP contribution in [0.3, 0.4) is 0 Å². The van der Waals surface area contributed by atoms with Gasteiger partial charge in [-0.15, -0.1) is 0 Å². The molecule has 0 radical (unpaired) electrons. The summed E-state index contributed by atoms with van der Waals surface area (Å²) in [4.78, 5) is 29.8. The summed E-state index contributed by atoms with van der Waals surface area (Å²) in [6.45, 7) is 5.53. The monoisotopic (exact) mass is 479 g/mol. The van der Waals surface area contributed by atoms with Crippen molar-refractivity contribution in [3.63, 3.8) is 0 Å². The normalized spacial score (nSPS) is 14.5. The number of aromatic nitrogens is 1. The second-order valence-corrected chi connectivity index (χ2v) is 8.42. The minimum Gasteiger partial charge on any atom is -0.489 e. The number of halogens is 1. The number of hydrogen-bond donors (Lipinski definition) is 0. The van der Waals surface area contributed by atoms with Crippen LogP contribution in [-0.2, 0) is 16.1 Å². The van der Waals surface area contributed by atoms with E-state index in [4.69, 9.17) is 9.47 Å². The molecule has 0 spiro atoms. The lowest BCUT2D eigenvalue weighted by Crippen LogP contribution is -2.21. The highest BCUT2D eigenvalue weighted by atomic mass is 32.1. The van der Waals surface area contributed by atoms with Gasteiger partial charge < -0.3 is 9.47 Å². The van der Waals surface area contributed by atoms with E-state index in [9.17, 15) is 14.0 Å². The number of nitrogens with zero attached hydrogens (tertiary/aromatic N) is 3. The lowest BCUT2D eigenvalue weighted by atomic mass is 10.1. The second kappa shape index (κ2) is 9.96. The summed E-state index contributed by atoms with van der Waals surface area (Å²) >= 11 is 1.07. The average molecular weight is 480 g/mol. The molecule has 2 aromatic carbocycles. The van der Waals surface area contributed by atoms with Crippen molar-refractivity contribution in [1.82, 2.24) is 4.98 Å². The van der Waals surface area contributed by atoms with Crippen molar-refractivity contribution in [3.8, 4) is 5.75 Å². The molecule has 0 aliphatic carbocycles. The van der Waals surface area contributed by atoms with Crippen molar-refractivity contribution in [2.75, 3.05) is 11.6 Å². The molecule has 0 bridgehead atoms. The van der Waals surface area contributed by atoms with Gasteiger partial charge in [0.05, 0.1) is 23.6 Å². The van der Waals surface area contributed by atoms with Crippen molar-refractivity contribution in [2.24, 2.45) is 5.10 Å². The number of carbonyl (C=O) groups excluding carboxylic acids is 2. The molecule has 1 aromatic heterocycles. The Hall–Kier alpha value is -3.85. The highest BCUT2D eigenvalue weighted by molar-refractivity contribution is 7.17. The van der Waals surface area contributed by atoms with Crippen LogP contribution in [0.2, 0.25) is 0 Å². The van der Waals surface area contributed by atoms with E-state index >= 15 is 0 Å². The summed E-state index contributed by atoms with van der Waals surface area (Å²) in [6, 6.07) is 13.6. The largest absolute Gasteiger partial charge is 0.489 e. The van der Waals surface area contributed by atoms with Gasteiger partial charge in [-0.1, -0.05) is 41.7 Å². The number of benzene rings is 2. The topological polar surface area (TPSA) is 81.1 Å². The van der Waals surface area contributed by atoms with E-state index in [1.807, 2.05) is 0 Å². The van der Waals surface area contributed by atoms with Gasteiger partial charge in [-0.05, 0) is 50.6 Å². The molecule has 2 heterocycles. The predicted octanol–water partition coefficient (Wildman–Crippen LogP) is 5.15. The molecule has 9 heteroatoms. The Morgan fingerprint density at radius 2 is 1.88 bits per heavy atom. The van der Waals surface area contributed by atoms with Crippen LogP contribution in [0, 0.1) is 12.7 Å². The fraction of sp³-hybridized carbons (Fsp3) is 0.200. The third kappa shape index (κ3) is 4.89. The number of thiazole rings is 1. The van der Waals surface area contributed by atoms with Gasteiger partial charge in [-0.3, -0.25) is 4.79 Å². The first-order valence-electron chi connectivity index (χ1n) is 10.6. The summed E-state index contributed by atoms with van der Waals surface area (Å²) in [6.07, 6.45) is 1.73. The number of amides is 1. The van der Waals surface area contributed by atoms with Gasteiger partial charge in [-0.2, -0.15) is 10.1 Å². The average Bonchev–Trinajstić information content (AvgIpc) is 3.34. The van der Waals surface area contributed by atoms with E-state index < -0.39 is 5.97 Å². The van der Waals surface area contributed by atoms with Gasteiger partial charge in [-0.25, -0.2) is 14.2 Å². The van der Waals surface area contributed by atoms with Crippen molar-refractivity contribution in [2.45, 2.75) is 27.4 Å². The molecule has 34 heavy (non-hydrogen) atoms. The Morgan fingerprint density at radius 1 is 1.15 bits per heavy atom. The maximum Gasteiger partial charge on any atom is 0.350 e. The summed E-state index contributed by atoms with van der Waals surface area (Å²) in [7, 11) is 0. The standard InChI is InChI=1S/C25H22FN3O4S/c1-4-32-24(31)22-16(3)27-25(34-22)29-23(30)20(15(2)28-29)13-17-9-11-19(12-10-17)33-14-18-7-5-6-8-21(18)26/h5-13H,4,14H2,1-3H3. The van der Waals surface area contributed by atoms with Gasteiger partial charge in [0, 0.05) is 5.56 Å². The number of esters is 1. The number of anilines is 1. The van der Waals surface area contributed by atoms with Crippen LogP contribution >= 0.6 is 11.3 Å². The van der Waals surface area contributed by atoms with Crippen LogP contribution < -0.4 is 9.75 Å². The third-order valence-corrected chi connectivity index (χ3v) is 6.15. The Balaban J connectivity index is 1.47. The molecule has 0 saturated carbocycles. The molecule has 1 amide bonds. The van der Waals surface area contributed by atoms with E-state index in [2.05, 4.69) is 10.1 Å². The molecular weight excluding hydrogens is 457 g/mol. The molecule has 0 N–H and O–H groups in total. The van der Waals surface area contributed by atoms with Crippen molar-refractivity contribution in [3.05, 3.63) is 81.6 Å². The van der Waals surface area contributed by atoms with Gasteiger partial charge in [0.2, 0.25) is 5.13 Å². The summed E-state index contributed by atoms with van der Waals surface area (Å²) in [5.74, 6) is -0.529. The first-order valence-corrected chi connectivity index (χ1v) is 11.4. The van der Waals surface area contributed by atoms with Crippen molar-refractivity contribution in [1.29, 1.82) is 0 Å². The maximum absolute atomic E-state index is 13.7. The number of aryl methyl sites for hydroxylation is 1. The van der Waals surface area contributed by atoms with Gasteiger partial charge in [0.25, 0.3) is 5.91 Å². The lowest BCUT2D eigenvalue weighted by molar-refractivity contribution is -0.114. The molecule has 1 aliphatic heterocycles. The minimum absolute atomic E-state index is 0.118. The van der Waals surface area contributed by atoms with Gasteiger partial charge in [0.1, 0.15) is 23.1 Å². The van der Waals surface area contributed by atoms with Crippen LogP contribution in [0.5, 0.6) is 5.75 Å². The number of ether oxygens (including phenoxy) is 2. The Morgan fingerprint density at radius 3 is 2.59 bits per heavy atom. The number of hydrazone groups is 1. The quantitative estimate of drug-likeness (QED) is 0.346. The highest BCUT2D eigenvalue weighted by Crippen LogP contribution is 2.31. The number of rotatable bonds is 7. The molecule has 0 saturated heterocycles. The van der Waals surface area contributed by atoms with Crippen molar-refractivity contribution >= 4 is 40.1 Å². The maximum atomic E-state index is 13.7. The molecule has 1 aliphatic rings. The fourth-order valence-corrected chi connectivity index (χ4v) is 4.19. The summed E-state index contributed by atoms with van der Waals surface area (Å²) in [5, 5.41) is 5.85. The Kier molecular flexibility index (Phi) is 6.83. The zero-order valence-corrected chi connectivity index (χ0v) is 19.7. The van der Waals surface area contributed by atoms with Crippen LogP contribution in [0.25, 0.3) is 6.08 Å². The van der Waals surface area contributed by atoms with Gasteiger partial charge in [0.15, 0.2) is 0 Å². The third-order valence-electron chi connectivity index (χ3n) is 5.03. The van der Waals surface area contributed by atoms with E-state index in [0.29, 0.717) is 38.3 Å². The molecule has 0 atom stereocenters. The summed E-state index contributed by atoms with van der Waals surface area (Å²) in [5.41, 5.74) is 2.70. The Labute approximate surface area is 200 Å².